The standard InChI is InChI=1S/C23H18Cl3N3O3/c1-12-20-18(28-29-22(30)14-5-2-3-6-15(14)24)7-4-8-19(20)32-21(12)23(31)27-13-9-10-16(25)17(26)11-13/h2-3,5-6,9-11H,4,7-8H2,1H3,(H,27,31)(H,29,30)/b28-18+. The molecule has 1 heterocycles. The zero-order valence-corrected chi connectivity index (χ0v) is 19.2. The van der Waals surface area contributed by atoms with Gasteiger partial charge in [-0.05, 0) is 50.1 Å². The number of rotatable bonds is 4. The van der Waals surface area contributed by atoms with Gasteiger partial charge in [0.1, 0.15) is 5.76 Å². The summed E-state index contributed by atoms with van der Waals surface area (Å²) >= 11 is 18.0. The van der Waals surface area contributed by atoms with Gasteiger partial charge in [0.15, 0.2) is 5.76 Å². The molecule has 0 radical (unpaired) electrons. The molecule has 1 aliphatic carbocycles. The van der Waals surface area contributed by atoms with Crippen LogP contribution in [0.2, 0.25) is 15.1 Å². The third-order valence-electron chi connectivity index (χ3n) is 5.12. The normalized spacial score (nSPS) is 14.2. The minimum atomic E-state index is -0.408. The van der Waals surface area contributed by atoms with Crippen molar-refractivity contribution in [3.8, 4) is 0 Å². The number of hydrogen-bond acceptors (Lipinski definition) is 4. The Morgan fingerprint density at radius 1 is 0.969 bits per heavy atom. The summed E-state index contributed by atoms with van der Waals surface area (Å²) in [5.74, 6) is 0.0376. The Bertz CT molecular complexity index is 1250. The molecule has 0 saturated heterocycles. The zero-order valence-electron chi connectivity index (χ0n) is 17.0. The van der Waals surface area contributed by atoms with Crippen LogP contribution in [0.4, 0.5) is 5.69 Å². The maximum Gasteiger partial charge on any atom is 0.291 e. The Morgan fingerprint density at radius 3 is 2.50 bits per heavy atom. The van der Waals surface area contributed by atoms with Crippen LogP contribution in [0.3, 0.4) is 0 Å². The number of carbonyl (C=O) groups is 2. The van der Waals surface area contributed by atoms with Crippen LogP contribution in [0.5, 0.6) is 0 Å². The van der Waals surface area contributed by atoms with Crippen molar-refractivity contribution in [1.29, 1.82) is 0 Å². The minimum Gasteiger partial charge on any atom is -0.455 e. The molecule has 0 aliphatic heterocycles. The zero-order chi connectivity index (χ0) is 22.8. The van der Waals surface area contributed by atoms with Crippen LogP contribution in [0, 0.1) is 6.92 Å². The number of nitrogens with zero attached hydrogens (tertiary/aromatic N) is 1. The van der Waals surface area contributed by atoms with E-state index in [2.05, 4.69) is 15.8 Å². The topological polar surface area (TPSA) is 83.7 Å². The van der Waals surface area contributed by atoms with Gasteiger partial charge in [0.05, 0.1) is 26.3 Å². The third kappa shape index (κ3) is 4.53. The Hall–Kier alpha value is -2.80. The van der Waals surface area contributed by atoms with Gasteiger partial charge < -0.3 is 9.73 Å². The van der Waals surface area contributed by atoms with Crippen molar-refractivity contribution in [3.63, 3.8) is 0 Å². The minimum absolute atomic E-state index is 0.188. The number of amides is 2. The van der Waals surface area contributed by atoms with Crippen molar-refractivity contribution in [1.82, 2.24) is 5.43 Å². The van der Waals surface area contributed by atoms with Crippen LogP contribution in [0.15, 0.2) is 52.0 Å². The molecule has 0 unspecified atom stereocenters. The van der Waals surface area contributed by atoms with Gasteiger partial charge in [-0.15, -0.1) is 0 Å². The molecular formula is C23H18Cl3N3O3. The second-order valence-electron chi connectivity index (χ2n) is 7.27. The monoisotopic (exact) mass is 489 g/mol. The fourth-order valence-electron chi connectivity index (χ4n) is 3.58. The lowest BCUT2D eigenvalue weighted by Crippen LogP contribution is -2.22. The van der Waals surface area contributed by atoms with E-state index in [0.29, 0.717) is 56.2 Å². The molecule has 0 bridgehead atoms. The molecule has 4 rings (SSSR count). The van der Waals surface area contributed by atoms with Crippen molar-refractivity contribution in [2.75, 3.05) is 5.32 Å². The molecule has 2 N–H and O–H groups in total. The predicted octanol–water partition coefficient (Wildman–Crippen LogP) is 6.27. The molecular weight excluding hydrogens is 473 g/mol. The van der Waals surface area contributed by atoms with Crippen LogP contribution in [-0.4, -0.2) is 17.5 Å². The average molecular weight is 491 g/mol. The van der Waals surface area contributed by atoms with E-state index in [4.69, 9.17) is 39.2 Å². The van der Waals surface area contributed by atoms with Gasteiger partial charge in [-0.1, -0.05) is 46.9 Å². The fourth-order valence-corrected chi connectivity index (χ4v) is 4.10. The van der Waals surface area contributed by atoms with Crippen LogP contribution < -0.4 is 10.7 Å². The smallest absolute Gasteiger partial charge is 0.291 e. The molecule has 0 saturated carbocycles. The lowest BCUT2D eigenvalue weighted by Gasteiger charge is -2.13. The van der Waals surface area contributed by atoms with Crippen molar-refractivity contribution in [3.05, 3.63) is 85.7 Å². The number of anilines is 1. The highest BCUT2D eigenvalue weighted by molar-refractivity contribution is 6.42. The molecule has 1 aliphatic rings. The Labute approximate surface area is 199 Å². The number of carbonyl (C=O) groups excluding carboxylic acids is 2. The van der Waals surface area contributed by atoms with E-state index in [0.717, 1.165) is 12.0 Å². The number of hydrazone groups is 1. The first-order valence-electron chi connectivity index (χ1n) is 9.85. The van der Waals surface area contributed by atoms with E-state index in [1.807, 2.05) is 0 Å². The number of hydrogen-bond donors (Lipinski definition) is 2. The lowest BCUT2D eigenvalue weighted by molar-refractivity contribution is 0.0953. The summed E-state index contributed by atoms with van der Waals surface area (Å²) < 4.78 is 5.88. The molecule has 32 heavy (non-hydrogen) atoms. The molecule has 2 aromatic carbocycles. The van der Waals surface area contributed by atoms with Gasteiger partial charge in [-0.25, -0.2) is 5.43 Å². The maximum absolute atomic E-state index is 12.8. The average Bonchev–Trinajstić information content (AvgIpc) is 3.12. The number of aryl methyl sites for hydroxylation is 1. The quantitative estimate of drug-likeness (QED) is 0.423. The van der Waals surface area contributed by atoms with E-state index >= 15 is 0 Å². The summed E-state index contributed by atoms with van der Waals surface area (Å²) in [6.07, 6.45) is 2.10. The lowest BCUT2D eigenvalue weighted by atomic mass is 9.93. The second-order valence-corrected chi connectivity index (χ2v) is 8.49. The number of fused-ring (bicyclic) bond motifs is 1. The van der Waals surface area contributed by atoms with Gasteiger partial charge in [0, 0.05) is 23.2 Å². The molecule has 0 atom stereocenters. The van der Waals surface area contributed by atoms with E-state index in [1.165, 1.54) is 0 Å². The first-order valence-corrected chi connectivity index (χ1v) is 11.0. The Morgan fingerprint density at radius 2 is 1.75 bits per heavy atom. The maximum atomic E-state index is 12.8. The summed E-state index contributed by atoms with van der Waals surface area (Å²) in [5.41, 5.74) is 5.45. The molecule has 1 aromatic heterocycles. The van der Waals surface area contributed by atoms with Crippen LogP contribution >= 0.6 is 34.8 Å². The second kappa shape index (κ2) is 9.36. The molecule has 164 valence electrons. The summed E-state index contributed by atoms with van der Waals surface area (Å²) in [5, 5.41) is 8.16. The summed E-state index contributed by atoms with van der Waals surface area (Å²) in [4.78, 5) is 25.3. The van der Waals surface area contributed by atoms with E-state index in [9.17, 15) is 9.59 Å². The van der Waals surface area contributed by atoms with Gasteiger partial charge in [-0.3, -0.25) is 9.59 Å². The van der Waals surface area contributed by atoms with Gasteiger partial charge in [0.25, 0.3) is 11.8 Å². The van der Waals surface area contributed by atoms with E-state index < -0.39 is 11.8 Å². The Kier molecular flexibility index (Phi) is 6.55. The first-order chi connectivity index (χ1) is 15.3. The van der Waals surface area contributed by atoms with Crippen LogP contribution in [0.1, 0.15) is 50.6 Å². The van der Waals surface area contributed by atoms with Gasteiger partial charge in [0.2, 0.25) is 0 Å². The third-order valence-corrected chi connectivity index (χ3v) is 6.19. The first kappa shape index (κ1) is 22.4. The highest BCUT2D eigenvalue weighted by Crippen LogP contribution is 2.31. The molecule has 9 heteroatoms. The SMILES string of the molecule is Cc1c(C(=O)Nc2ccc(Cl)c(Cl)c2)oc2c1/C(=N/NC(=O)c1ccccc1Cl)CCC2. The van der Waals surface area contributed by atoms with Crippen molar-refractivity contribution >= 4 is 58.0 Å². The molecule has 3 aromatic rings. The molecule has 2 amide bonds. The van der Waals surface area contributed by atoms with Crippen LogP contribution in [-0.2, 0) is 6.42 Å². The summed E-state index contributed by atoms with van der Waals surface area (Å²) in [6, 6.07) is 11.6. The highest BCUT2D eigenvalue weighted by atomic mass is 35.5. The molecule has 6 nitrogen and oxygen atoms in total. The number of furan rings is 1. The van der Waals surface area contributed by atoms with E-state index in [1.54, 1.807) is 49.4 Å². The van der Waals surface area contributed by atoms with E-state index in [-0.39, 0.29) is 5.76 Å². The van der Waals surface area contributed by atoms with Crippen molar-refractivity contribution in [2.45, 2.75) is 26.2 Å². The molecule has 0 fully saturated rings. The predicted molar refractivity (Wildman–Crippen MR) is 126 cm³/mol. The highest BCUT2D eigenvalue weighted by Gasteiger charge is 2.28. The molecule has 0 spiro atoms. The summed E-state index contributed by atoms with van der Waals surface area (Å²) in [7, 11) is 0. The Balaban J connectivity index is 1.57. The fraction of sp³-hybridized carbons (Fsp3) is 0.174. The number of benzene rings is 2. The van der Waals surface area contributed by atoms with Crippen molar-refractivity contribution < 1.29 is 14.0 Å². The number of halogens is 3. The van der Waals surface area contributed by atoms with Gasteiger partial charge >= 0.3 is 0 Å². The largest absolute Gasteiger partial charge is 0.455 e. The van der Waals surface area contributed by atoms with Gasteiger partial charge in [-0.2, -0.15) is 5.10 Å². The van der Waals surface area contributed by atoms with Crippen LogP contribution in [0.25, 0.3) is 0 Å². The number of nitrogens with one attached hydrogen (secondary N) is 2. The summed E-state index contributed by atoms with van der Waals surface area (Å²) in [6.45, 7) is 1.79. The van der Waals surface area contributed by atoms with Crippen molar-refractivity contribution in [2.24, 2.45) is 5.10 Å².